The molecule has 0 saturated heterocycles. The van der Waals surface area contributed by atoms with Crippen LogP contribution in [-0.4, -0.2) is 24.9 Å². The normalized spacial score (nSPS) is 11.6. The number of sulfonamides is 1. The topological polar surface area (TPSA) is 112 Å². The average Bonchev–Trinajstić information content (AvgIpc) is 3.25. The van der Waals surface area contributed by atoms with Crippen molar-refractivity contribution in [3.63, 3.8) is 0 Å². The first-order valence-corrected chi connectivity index (χ1v) is 11.7. The van der Waals surface area contributed by atoms with E-state index in [-0.39, 0.29) is 11.5 Å². The van der Waals surface area contributed by atoms with Crippen LogP contribution in [0.1, 0.15) is 5.69 Å². The van der Waals surface area contributed by atoms with Gasteiger partial charge in [0.15, 0.2) is 11.5 Å². The van der Waals surface area contributed by atoms with Crippen molar-refractivity contribution in [2.24, 2.45) is 0 Å². The maximum Gasteiger partial charge on any atom is 0.336 e. The molecule has 3 aromatic heterocycles. The third-order valence-electron chi connectivity index (χ3n) is 5.11. The number of hydrogen-bond acceptors (Lipinski definition) is 7. The van der Waals surface area contributed by atoms with Crippen LogP contribution in [0.25, 0.3) is 16.6 Å². The summed E-state index contributed by atoms with van der Waals surface area (Å²) in [4.78, 5) is 15.9. The minimum absolute atomic E-state index is 0.0248. The molecule has 10 heteroatoms. The number of anilines is 1. The predicted molar refractivity (Wildman–Crippen MR) is 126 cm³/mol. The van der Waals surface area contributed by atoms with Crippen molar-refractivity contribution in [1.29, 1.82) is 0 Å². The molecule has 0 atom stereocenters. The van der Waals surface area contributed by atoms with E-state index < -0.39 is 15.6 Å². The van der Waals surface area contributed by atoms with Gasteiger partial charge in [-0.2, -0.15) is 0 Å². The molecule has 2 aromatic carbocycles. The Kier molecular flexibility index (Phi) is 5.42. The van der Waals surface area contributed by atoms with Gasteiger partial charge in [0.25, 0.3) is 10.0 Å². The lowest BCUT2D eigenvalue weighted by Gasteiger charge is -2.13. The molecule has 5 aromatic rings. The van der Waals surface area contributed by atoms with Crippen molar-refractivity contribution < 1.29 is 22.3 Å². The molecule has 0 radical (unpaired) electrons. The Morgan fingerprint density at radius 2 is 1.91 bits per heavy atom. The highest BCUT2D eigenvalue weighted by Gasteiger charge is 2.17. The Labute approximate surface area is 194 Å². The number of aromatic nitrogens is 2. The fourth-order valence-electron chi connectivity index (χ4n) is 3.49. The zero-order valence-corrected chi connectivity index (χ0v) is 18.8. The molecule has 34 heavy (non-hydrogen) atoms. The first-order chi connectivity index (χ1) is 16.4. The third kappa shape index (κ3) is 4.30. The zero-order valence-electron chi connectivity index (χ0n) is 18.0. The maximum absolute atomic E-state index is 13.0. The van der Waals surface area contributed by atoms with E-state index in [0.717, 1.165) is 5.65 Å². The summed E-state index contributed by atoms with van der Waals surface area (Å²) in [6, 6.07) is 17.4. The van der Waals surface area contributed by atoms with Crippen LogP contribution in [-0.2, 0) is 16.6 Å². The summed E-state index contributed by atoms with van der Waals surface area (Å²) in [7, 11) is -2.41. The summed E-state index contributed by atoms with van der Waals surface area (Å²) in [5, 5.41) is 0.494. The van der Waals surface area contributed by atoms with E-state index in [1.54, 1.807) is 18.2 Å². The first-order valence-electron chi connectivity index (χ1n) is 10.2. The number of benzene rings is 2. The number of nitrogens with zero attached hydrogens (tertiary/aromatic N) is 2. The Morgan fingerprint density at radius 1 is 1.03 bits per heavy atom. The molecule has 0 bridgehead atoms. The number of hydrogen-bond donors (Lipinski definition) is 1. The minimum atomic E-state index is -3.92. The van der Waals surface area contributed by atoms with Gasteiger partial charge in [0.05, 0.1) is 23.4 Å². The van der Waals surface area contributed by atoms with E-state index in [1.807, 2.05) is 35.0 Å². The van der Waals surface area contributed by atoms with E-state index in [2.05, 4.69) is 9.71 Å². The smallest absolute Gasteiger partial charge is 0.336 e. The van der Waals surface area contributed by atoms with Gasteiger partial charge in [-0.3, -0.25) is 4.72 Å². The number of imidazole rings is 1. The molecule has 9 nitrogen and oxygen atoms in total. The summed E-state index contributed by atoms with van der Waals surface area (Å²) >= 11 is 0. The summed E-state index contributed by atoms with van der Waals surface area (Å²) in [5.74, 6) is 0.812. The van der Waals surface area contributed by atoms with Crippen LogP contribution in [0.2, 0.25) is 0 Å². The minimum Gasteiger partial charge on any atom is -0.493 e. The summed E-state index contributed by atoms with van der Waals surface area (Å²) in [5.41, 5.74) is 1.60. The molecule has 5 rings (SSSR count). The molecule has 1 N–H and O–H groups in total. The summed E-state index contributed by atoms with van der Waals surface area (Å²) < 4.78 is 46.7. The Morgan fingerprint density at radius 3 is 2.74 bits per heavy atom. The van der Waals surface area contributed by atoms with Crippen molar-refractivity contribution in [1.82, 2.24) is 9.38 Å². The number of pyridine rings is 1. The molecule has 0 amide bonds. The SMILES string of the molecule is COc1ccc(NS(=O)(=O)c2ccc3oc(=O)ccc3c2)cc1OCc1cn2ccccc2n1. The van der Waals surface area contributed by atoms with Crippen LogP contribution in [0.15, 0.2) is 93.2 Å². The molecule has 0 aliphatic rings. The average molecular weight is 477 g/mol. The van der Waals surface area contributed by atoms with Crippen LogP contribution in [0.5, 0.6) is 11.5 Å². The highest BCUT2D eigenvalue weighted by atomic mass is 32.2. The lowest BCUT2D eigenvalue weighted by atomic mass is 10.2. The fraction of sp³-hybridized carbons (Fsp3) is 0.0833. The van der Waals surface area contributed by atoms with Crippen LogP contribution in [0.4, 0.5) is 5.69 Å². The van der Waals surface area contributed by atoms with Crippen LogP contribution < -0.4 is 19.8 Å². The van der Waals surface area contributed by atoms with E-state index in [9.17, 15) is 13.2 Å². The first kappa shape index (κ1) is 21.5. The Bertz CT molecular complexity index is 1640. The van der Waals surface area contributed by atoms with Gasteiger partial charge in [0.2, 0.25) is 0 Å². The van der Waals surface area contributed by atoms with Gasteiger partial charge in [-0.05, 0) is 48.5 Å². The van der Waals surface area contributed by atoms with E-state index in [0.29, 0.717) is 33.8 Å². The van der Waals surface area contributed by atoms with Gasteiger partial charge in [-0.1, -0.05) is 6.07 Å². The van der Waals surface area contributed by atoms with Crippen molar-refractivity contribution in [3.05, 3.63) is 95.2 Å². The molecular weight excluding hydrogens is 458 g/mol. The van der Waals surface area contributed by atoms with Gasteiger partial charge in [0, 0.05) is 29.9 Å². The van der Waals surface area contributed by atoms with Crippen LogP contribution in [0.3, 0.4) is 0 Å². The van der Waals surface area contributed by atoms with Crippen LogP contribution >= 0.6 is 0 Å². The van der Waals surface area contributed by atoms with Gasteiger partial charge in [-0.25, -0.2) is 18.2 Å². The molecule has 0 fully saturated rings. The molecule has 0 unspecified atom stereocenters. The second kappa shape index (κ2) is 8.56. The van der Waals surface area contributed by atoms with E-state index in [1.165, 1.54) is 37.4 Å². The fourth-order valence-corrected chi connectivity index (χ4v) is 4.58. The molecule has 0 aliphatic carbocycles. The Hall–Kier alpha value is -4.31. The number of ether oxygens (including phenoxy) is 2. The highest BCUT2D eigenvalue weighted by molar-refractivity contribution is 7.92. The molecule has 3 heterocycles. The lowest BCUT2D eigenvalue weighted by molar-refractivity contribution is 0.281. The van der Waals surface area contributed by atoms with E-state index in [4.69, 9.17) is 13.9 Å². The number of nitrogens with one attached hydrogen (secondary N) is 1. The van der Waals surface area contributed by atoms with Gasteiger partial charge < -0.3 is 18.3 Å². The van der Waals surface area contributed by atoms with Crippen molar-refractivity contribution >= 4 is 32.3 Å². The van der Waals surface area contributed by atoms with E-state index >= 15 is 0 Å². The molecular formula is C24H19N3O6S. The van der Waals surface area contributed by atoms with Crippen molar-refractivity contribution in [2.45, 2.75) is 11.5 Å². The van der Waals surface area contributed by atoms with Gasteiger partial charge in [-0.15, -0.1) is 0 Å². The predicted octanol–water partition coefficient (Wildman–Crippen LogP) is 3.83. The molecule has 0 spiro atoms. The van der Waals surface area contributed by atoms with Crippen molar-refractivity contribution in [3.8, 4) is 11.5 Å². The third-order valence-corrected chi connectivity index (χ3v) is 6.49. The quantitative estimate of drug-likeness (QED) is 0.355. The van der Waals surface area contributed by atoms with Gasteiger partial charge >= 0.3 is 5.63 Å². The standard InChI is InChI=1S/C24H19N3O6S/c1-31-21-8-6-17(13-22(21)32-15-18-14-27-11-3-2-4-23(27)25-18)26-34(29,30)19-7-9-20-16(12-19)5-10-24(28)33-20/h2-14,26H,15H2,1H3. The van der Waals surface area contributed by atoms with Gasteiger partial charge in [0.1, 0.15) is 17.8 Å². The number of rotatable bonds is 7. The monoisotopic (exact) mass is 477 g/mol. The Balaban J connectivity index is 1.38. The molecule has 0 saturated carbocycles. The van der Waals surface area contributed by atoms with Crippen molar-refractivity contribution in [2.75, 3.05) is 11.8 Å². The second-order valence-corrected chi connectivity index (χ2v) is 9.09. The number of methoxy groups -OCH3 is 1. The second-order valence-electron chi connectivity index (χ2n) is 7.41. The molecule has 172 valence electrons. The maximum atomic E-state index is 13.0. The summed E-state index contributed by atoms with van der Waals surface area (Å²) in [6.07, 6.45) is 3.75. The lowest BCUT2D eigenvalue weighted by Crippen LogP contribution is -2.13. The largest absolute Gasteiger partial charge is 0.493 e. The van der Waals surface area contributed by atoms with Crippen LogP contribution in [0, 0.1) is 0 Å². The highest BCUT2D eigenvalue weighted by Crippen LogP contribution is 2.32. The molecule has 0 aliphatic heterocycles. The zero-order chi connectivity index (χ0) is 23.7. The number of fused-ring (bicyclic) bond motifs is 2. The summed E-state index contributed by atoms with van der Waals surface area (Å²) in [6.45, 7) is 0.171.